The van der Waals surface area contributed by atoms with Gasteiger partial charge < -0.3 is 5.32 Å². The summed E-state index contributed by atoms with van der Waals surface area (Å²) in [5.41, 5.74) is -0.165. The topological polar surface area (TPSA) is 70.7 Å². The van der Waals surface area contributed by atoms with Gasteiger partial charge in [0, 0.05) is 10.4 Å². The summed E-state index contributed by atoms with van der Waals surface area (Å²) >= 11 is 5.53. The zero-order valence-corrected chi connectivity index (χ0v) is 10.4. The van der Waals surface area contributed by atoms with Crippen LogP contribution in [0.3, 0.4) is 0 Å². The van der Waals surface area contributed by atoms with Gasteiger partial charge >= 0.3 is 0 Å². The van der Waals surface area contributed by atoms with Gasteiger partial charge in [-0.1, -0.05) is 39.0 Å². The summed E-state index contributed by atoms with van der Waals surface area (Å²) in [6.07, 6.45) is 0. The van der Waals surface area contributed by atoms with Gasteiger partial charge in [0.05, 0.1) is 6.54 Å². The third-order valence-electron chi connectivity index (χ3n) is 1.84. The second-order valence-corrected chi connectivity index (χ2v) is 4.99. The molecular weight excluding hydrogens is 228 g/mol. The van der Waals surface area contributed by atoms with Crippen LogP contribution in [0.5, 0.6) is 0 Å². The van der Waals surface area contributed by atoms with Crippen molar-refractivity contribution >= 4 is 17.5 Å². The normalized spacial score (nSPS) is 11.2. The Morgan fingerprint density at radius 1 is 1.56 bits per heavy atom. The number of halogens is 1. The Labute approximate surface area is 99.3 Å². The lowest BCUT2D eigenvalue weighted by molar-refractivity contribution is 0.0947. The van der Waals surface area contributed by atoms with Crippen LogP contribution in [0.1, 0.15) is 37.2 Å². The molecule has 5 nitrogen and oxygen atoms in total. The molecule has 0 spiro atoms. The van der Waals surface area contributed by atoms with E-state index in [0.29, 0.717) is 10.9 Å². The summed E-state index contributed by atoms with van der Waals surface area (Å²) in [6, 6.07) is 0. The molecule has 2 N–H and O–H groups in total. The number of carbonyl (C=O) groups excluding carboxylic acids is 1. The standard InChI is InChI=1S/C10H15ClN4O/c1-6(11)5-12-8(16)7-13-9(15-14-7)10(2,3)4/h1,5H2,2-4H3,(H,12,16)(H,13,14,15). The molecule has 1 rings (SSSR count). The Hall–Kier alpha value is -1.36. The number of rotatable bonds is 3. The van der Waals surface area contributed by atoms with Gasteiger partial charge in [-0.2, -0.15) is 0 Å². The fraction of sp³-hybridized carbons (Fsp3) is 0.500. The first kappa shape index (κ1) is 12.7. The first-order valence-electron chi connectivity index (χ1n) is 4.85. The molecule has 16 heavy (non-hydrogen) atoms. The van der Waals surface area contributed by atoms with Crippen molar-refractivity contribution in [1.82, 2.24) is 20.5 Å². The summed E-state index contributed by atoms with van der Waals surface area (Å²) in [5, 5.41) is 9.49. The van der Waals surface area contributed by atoms with Gasteiger partial charge in [-0.25, -0.2) is 4.98 Å². The third kappa shape index (κ3) is 3.34. The van der Waals surface area contributed by atoms with E-state index in [-0.39, 0.29) is 23.7 Å². The highest BCUT2D eigenvalue weighted by molar-refractivity contribution is 6.29. The number of nitrogens with one attached hydrogen (secondary N) is 2. The number of H-pyrrole nitrogens is 1. The minimum absolute atomic E-state index is 0.114. The van der Waals surface area contributed by atoms with Gasteiger partial charge in [-0.05, 0) is 0 Å². The Balaban J connectivity index is 2.71. The zero-order valence-electron chi connectivity index (χ0n) is 9.59. The van der Waals surface area contributed by atoms with E-state index in [0.717, 1.165) is 0 Å². The van der Waals surface area contributed by atoms with Crippen molar-refractivity contribution < 1.29 is 4.79 Å². The van der Waals surface area contributed by atoms with Crippen molar-refractivity contribution in [3.05, 3.63) is 23.3 Å². The minimum atomic E-state index is -0.367. The molecule has 0 aromatic carbocycles. The lowest BCUT2D eigenvalue weighted by atomic mass is 9.96. The summed E-state index contributed by atoms with van der Waals surface area (Å²) in [7, 11) is 0. The highest BCUT2D eigenvalue weighted by Gasteiger charge is 2.20. The van der Waals surface area contributed by atoms with Crippen LogP contribution in [0.15, 0.2) is 11.6 Å². The zero-order chi connectivity index (χ0) is 12.3. The van der Waals surface area contributed by atoms with Crippen molar-refractivity contribution in [3.63, 3.8) is 0 Å². The van der Waals surface area contributed by atoms with Crippen LogP contribution < -0.4 is 5.32 Å². The maximum Gasteiger partial charge on any atom is 0.291 e. The molecule has 1 aromatic heterocycles. The molecular formula is C10H15ClN4O. The third-order valence-corrected chi connectivity index (χ3v) is 1.97. The minimum Gasteiger partial charge on any atom is -0.344 e. The highest BCUT2D eigenvalue weighted by atomic mass is 35.5. The number of aromatic nitrogens is 3. The molecule has 1 aromatic rings. The summed E-state index contributed by atoms with van der Waals surface area (Å²) in [6.45, 7) is 9.62. The van der Waals surface area contributed by atoms with Crippen LogP contribution >= 0.6 is 11.6 Å². The van der Waals surface area contributed by atoms with Gasteiger partial charge in [-0.15, -0.1) is 5.10 Å². The quantitative estimate of drug-likeness (QED) is 0.846. The number of nitrogens with zero attached hydrogens (tertiary/aromatic N) is 2. The molecule has 0 bridgehead atoms. The predicted molar refractivity (Wildman–Crippen MR) is 62.4 cm³/mol. The first-order chi connectivity index (χ1) is 7.30. The Kier molecular flexibility index (Phi) is 3.70. The summed E-state index contributed by atoms with van der Waals surface area (Å²) < 4.78 is 0. The van der Waals surface area contributed by atoms with Crippen LogP contribution in [0.4, 0.5) is 0 Å². The van der Waals surface area contributed by atoms with Gasteiger partial charge in [0.1, 0.15) is 5.82 Å². The van der Waals surface area contributed by atoms with Crippen LogP contribution in [0.2, 0.25) is 0 Å². The number of hydrogen-bond acceptors (Lipinski definition) is 3. The van der Waals surface area contributed by atoms with E-state index < -0.39 is 0 Å². The van der Waals surface area contributed by atoms with Crippen LogP contribution in [-0.4, -0.2) is 27.6 Å². The van der Waals surface area contributed by atoms with E-state index in [2.05, 4.69) is 27.1 Å². The van der Waals surface area contributed by atoms with Crippen molar-refractivity contribution in [2.24, 2.45) is 0 Å². The second kappa shape index (κ2) is 4.65. The molecule has 0 saturated heterocycles. The average molecular weight is 243 g/mol. The highest BCUT2D eigenvalue weighted by Crippen LogP contribution is 2.17. The largest absolute Gasteiger partial charge is 0.344 e. The molecule has 0 aliphatic carbocycles. The number of amides is 1. The fourth-order valence-electron chi connectivity index (χ4n) is 0.954. The van der Waals surface area contributed by atoms with E-state index in [9.17, 15) is 4.79 Å². The monoisotopic (exact) mass is 242 g/mol. The lowest BCUT2D eigenvalue weighted by Crippen LogP contribution is -2.25. The van der Waals surface area contributed by atoms with Crippen LogP contribution in [-0.2, 0) is 5.41 Å². The molecule has 1 amide bonds. The second-order valence-electron chi connectivity index (χ2n) is 4.46. The maximum atomic E-state index is 11.5. The average Bonchev–Trinajstić information content (AvgIpc) is 2.61. The fourth-order valence-corrected chi connectivity index (χ4v) is 1.02. The SMILES string of the molecule is C=C(Cl)CNC(=O)c1n[nH]c(C(C)(C)C)n1. The molecule has 0 saturated carbocycles. The number of carbonyl (C=O) groups is 1. The molecule has 6 heteroatoms. The summed E-state index contributed by atoms with van der Waals surface area (Å²) in [5.74, 6) is 0.416. The molecule has 1 heterocycles. The van der Waals surface area contributed by atoms with Crippen molar-refractivity contribution in [2.75, 3.05) is 6.54 Å². The van der Waals surface area contributed by atoms with E-state index in [4.69, 9.17) is 11.6 Å². The van der Waals surface area contributed by atoms with E-state index in [1.165, 1.54) is 0 Å². The molecule has 0 aliphatic heterocycles. The van der Waals surface area contributed by atoms with Crippen molar-refractivity contribution in [1.29, 1.82) is 0 Å². The molecule has 0 aliphatic rings. The van der Waals surface area contributed by atoms with E-state index in [1.54, 1.807) is 0 Å². The number of hydrogen-bond donors (Lipinski definition) is 2. The Morgan fingerprint density at radius 2 is 2.19 bits per heavy atom. The van der Waals surface area contributed by atoms with Crippen molar-refractivity contribution in [3.8, 4) is 0 Å². The lowest BCUT2D eigenvalue weighted by Gasteiger charge is -2.12. The smallest absolute Gasteiger partial charge is 0.291 e. The van der Waals surface area contributed by atoms with Gasteiger partial charge in [-0.3, -0.25) is 9.89 Å². The Morgan fingerprint density at radius 3 is 2.62 bits per heavy atom. The number of aromatic amines is 1. The molecule has 88 valence electrons. The maximum absolute atomic E-state index is 11.5. The Bertz CT molecular complexity index is 405. The van der Waals surface area contributed by atoms with Crippen LogP contribution in [0.25, 0.3) is 0 Å². The van der Waals surface area contributed by atoms with Crippen molar-refractivity contribution in [2.45, 2.75) is 26.2 Å². The molecule has 0 radical (unpaired) electrons. The van der Waals surface area contributed by atoms with E-state index in [1.807, 2.05) is 20.8 Å². The van der Waals surface area contributed by atoms with Gasteiger partial charge in [0.15, 0.2) is 0 Å². The van der Waals surface area contributed by atoms with Crippen LogP contribution in [0, 0.1) is 0 Å². The molecule has 0 atom stereocenters. The van der Waals surface area contributed by atoms with E-state index >= 15 is 0 Å². The molecule has 0 fully saturated rings. The molecule has 0 unspecified atom stereocenters. The first-order valence-corrected chi connectivity index (χ1v) is 5.23. The van der Waals surface area contributed by atoms with Gasteiger partial charge in [0.2, 0.25) is 5.82 Å². The van der Waals surface area contributed by atoms with Gasteiger partial charge in [0.25, 0.3) is 5.91 Å². The summed E-state index contributed by atoms with van der Waals surface area (Å²) in [4.78, 5) is 15.6. The predicted octanol–water partition coefficient (Wildman–Crippen LogP) is 1.58.